The maximum Gasteiger partial charge on any atom is 0.298 e. The van der Waals surface area contributed by atoms with Gasteiger partial charge in [-0.3, -0.25) is 9.59 Å². The molecule has 1 aliphatic heterocycles. The quantitative estimate of drug-likeness (QED) is 0.506. The summed E-state index contributed by atoms with van der Waals surface area (Å²) in [6, 6.07) is 0. The van der Waals surface area contributed by atoms with Gasteiger partial charge in [0.15, 0.2) is 0 Å². The molecule has 13 heavy (non-hydrogen) atoms. The van der Waals surface area contributed by atoms with Crippen molar-refractivity contribution in [2.24, 2.45) is 5.92 Å². The predicted octanol–water partition coefficient (Wildman–Crippen LogP) is 0.447. The molecule has 1 atom stereocenters. The molecule has 0 aromatic rings. The Morgan fingerprint density at radius 2 is 2.31 bits per heavy atom. The summed E-state index contributed by atoms with van der Waals surface area (Å²) in [5.74, 6) is 5.09. The fourth-order valence-electron chi connectivity index (χ4n) is 1.39. The van der Waals surface area contributed by atoms with Crippen LogP contribution in [-0.4, -0.2) is 29.7 Å². The third-order valence-electron chi connectivity index (χ3n) is 2.19. The van der Waals surface area contributed by atoms with Crippen LogP contribution in [0.5, 0.6) is 0 Å². The van der Waals surface area contributed by atoms with Crippen molar-refractivity contribution in [2.75, 3.05) is 13.1 Å². The van der Waals surface area contributed by atoms with Crippen LogP contribution in [0.1, 0.15) is 20.3 Å². The van der Waals surface area contributed by atoms with Crippen molar-refractivity contribution >= 4 is 11.7 Å². The van der Waals surface area contributed by atoms with E-state index >= 15 is 0 Å². The number of carbonyl (C=O) groups excluding carboxylic acids is 2. The molecule has 0 aromatic carbocycles. The Morgan fingerprint density at radius 1 is 1.62 bits per heavy atom. The number of carbonyl (C=O) groups is 2. The first-order valence-corrected chi connectivity index (χ1v) is 4.39. The number of ketones is 1. The van der Waals surface area contributed by atoms with Gasteiger partial charge in [-0.1, -0.05) is 12.8 Å². The molecule has 1 saturated heterocycles. The minimum absolute atomic E-state index is 0.0312. The second-order valence-electron chi connectivity index (χ2n) is 3.24. The normalized spacial score (nSPS) is 22.2. The summed E-state index contributed by atoms with van der Waals surface area (Å²) in [7, 11) is 0. The van der Waals surface area contributed by atoms with E-state index in [9.17, 15) is 9.59 Å². The largest absolute Gasteiger partial charge is 0.331 e. The molecule has 1 amide bonds. The average Bonchev–Trinajstić information content (AvgIpc) is 2.10. The summed E-state index contributed by atoms with van der Waals surface area (Å²) in [4.78, 5) is 24.1. The lowest BCUT2D eigenvalue weighted by Crippen LogP contribution is -2.42. The molecule has 0 saturated carbocycles. The van der Waals surface area contributed by atoms with Gasteiger partial charge in [0.1, 0.15) is 5.78 Å². The third-order valence-corrected chi connectivity index (χ3v) is 2.19. The van der Waals surface area contributed by atoms with E-state index in [1.54, 1.807) is 11.8 Å². The summed E-state index contributed by atoms with van der Waals surface area (Å²) < 4.78 is 0. The highest BCUT2D eigenvalue weighted by Crippen LogP contribution is 2.11. The van der Waals surface area contributed by atoms with Gasteiger partial charge in [0.25, 0.3) is 5.91 Å². The van der Waals surface area contributed by atoms with E-state index < -0.39 is 0 Å². The number of hydrogen-bond acceptors (Lipinski definition) is 2. The van der Waals surface area contributed by atoms with E-state index in [0.29, 0.717) is 19.5 Å². The van der Waals surface area contributed by atoms with Crippen LogP contribution in [0.3, 0.4) is 0 Å². The van der Waals surface area contributed by atoms with Gasteiger partial charge in [0, 0.05) is 25.4 Å². The Kier molecular flexibility index (Phi) is 3.07. The predicted molar refractivity (Wildman–Crippen MR) is 48.8 cm³/mol. The monoisotopic (exact) mass is 179 g/mol. The number of amides is 1. The van der Waals surface area contributed by atoms with Crippen molar-refractivity contribution in [2.45, 2.75) is 20.3 Å². The molecule has 1 heterocycles. The van der Waals surface area contributed by atoms with Crippen molar-refractivity contribution in [3.63, 3.8) is 0 Å². The molecule has 3 nitrogen and oxygen atoms in total. The summed E-state index contributed by atoms with van der Waals surface area (Å²) in [6.07, 6.45) is 0.471. The Labute approximate surface area is 78.1 Å². The number of hydrogen-bond donors (Lipinski definition) is 0. The highest BCUT2D eigenvalue weighted by Gasteiger charge is 2.25. The smallest absolute Gasteiger partial charge is 0.298 e. The molecule has 0 aromatic heterocycles. The highest BCUT2D eigenvalue weighted by atomic mass is 16.2. The molecular formula is C10H13NO2. The van der Waals surface area contributed by atoms with Gasteiger partial charge >= 0.3 is 0 Å². The number of nitrogens with zero attached hydrogens (tertiary/aromatic N) is 1. The zero-order chi connectivity index (χ0) is 9.84. The molecule has 0 N–H and O–H groups in total. The summed E-state index contributed by atoms with van der Waals surface area (Å²) in [5, 5.41) is 0. The molecule has 0 spiro atoms. The van der Waals surface area contributed by atoms with Crippen molar-refractivity contribution in [3.8, 4) is 11.8 Å². The minimum atomic E-state index is -0.165. The van der Waals surface area contributed by atoms with Crippen molar-refractivity contribution < 1.29 is 9.59 Å². The van der Waals surface area contributed by atoms with Gasteiger partial charge in [-0.05, 0) is 12.8 Å². The molecule has 1 aliphatic rings. The lowest BCUT2D eigenvalue weighted by Gasteiger charge is -2.28. The van der Waals surface area contributed by atoms with Gasteiger partial charge in [-0.2, -0.15) is 0 Å². The van der Waals surface area contributed by atoms with E-state index in [4.69, 9.17) is 0 Å². The van der Waals surface area contributed by atoms with Crippen LogP contribution in [0.2, 0.25) is 0 Å². The first kappa shape index (κ1) is 9.79. The average molecular weight is 179 g/mol. The van der Waals surface area contributed by atoms with Crippen LogP contribution < -0.4 is 0 Å². The van der Waals surface area contributed by atoms with Crippen LogP contribution >= 0.6 is 0 Å². The molecule has 1 fully saturated rings. The Balaban J connectivity index is 2.58. The second-order valence-corrected chi connectivity index (χ2v) is 3.24. The van der Waals surface area contributed by atoms with Crippen molar-refractivity contribution in [1.29, 1.82) is 0 Å². The molecule has 0 radical (unpaired) electrons. The van der Waals surface area contributed by atoms with Crippen LogP contribution in [-0.2, 0) is 9.59 Å². The first-order valence-electron chi connectivity index (χ1n) is 4.39. The molecule has 0 aliphatic carbocycles. The van der Waals surface area contributed by atoms with Gasteiger partial charge in [0.2, 0.25) is 0 Å². The van der Waals surface area contributed by atoms with Crippen LogP contribution in [0.15, 0.2) is 0 Å². The maximum atomic E-state index is 11.3. The van der Waals surface area contributed by atoms with Gasteiger partial charge in [-0.25, -0.2) is 0 Å². The maximum absolute atomic E-state index is 11.3. The van der Waals surface area contributed by atoms with E-state index in [1.807, 2.05) is 6.92 Å². The SMILES string of the molecule is CC#CC(=O)N1CCC(=O)C(C)C1. The van der Waals surface area contributed by atoms with Crippen LogP contribution in [0.4, 0.5) is 0 Å². The molecular weight excluding hydrogens is 166 g/mol. The first-order chi connectivity index (χ1) is 6.15. The highest BCUT2D eigenvalue weighted by molar-refractivity contribution is 5.95. The van der Waals surface area contributed by atoms with Crippen LogP contribution in [0, 0.1) is 17.8 Å². The van der Waals surface area contributed by atoms with Crippen molar-refractivity contribution in [1.82, 2.24) is 4.90 Å². The standard InChI is InChI=1S/C10H13NO2/c1-3-4-10(13)11-6-5-9(12)8(2)7-11/h8H,5-7H2,1-2H3. The minimum Gasteiger partial charge on any atom is -0.331 e. The van der Waals surface area contributed by atoms with Gasteiger partial charge < -0.3 is 4.90 Å². The van der Waals surface area contributed by atoms with Crippen LogP contribution in [0.25, 0.3) is 0 Å². The molecule has 1 rings (SSSR count). The van der Waals surface area contributed by atoms with Gasteiger partial charge in [0.05, 0.1) is 0 Å². The van der Waals surface area contributed by atoms with E-state index in [2.05, 4.69) is 11.8 Å². The zero-order valence-electron chi connectivity index (χ0n) is 7.96. The number of Topliss-reactive ketones (excluding diaryl/α,β-unsaturated/α-hetero) is 1. The number of piperidine rings is 1. The molecule has 70 valence electrons. The summed E-state index contributed by atoms with van der Waals surface area (Å²) in [6.45, 7) is 4.53. The second kappa shape index (κ2) is 4.08. The third kappa shape index (κ3) is 2.32. The molecule has 3 heteroatoms. The fourth-order valence-corrected chi connectivity index (χ4v) is 1.39. The lowest BCUT2D eigenvalue weighted by atomic mass is 9.99. The fraction of sp³-hybridized carbons (Fsp3) is 0.600. The summed E-state index contributed by atoms with van der Waals surface area (Å²) >= 11 is 0. The number of likely N-dealkylation sites (tertiary alicyclic amines) is 1. The Hall–Kier alpha value is -1.30. The zero-order valence-corrected chi connectivity index (χ0v) is 7.96. The topological polar surface area (TPSA) is 37.4 Å². The van der Waals surface area contributed by atoms with E-state index in [1.165, 1.54) is 0 Å². The van der Waals surface area contributed by atoms with E-state index in [-0.39, 0.29) is 17.6 Å². The Bertz CT molecular complexity index is 285. The molecule has 1 unspecified atom stereocenters. The number of rotatable bonds is 0. The van der Waals surface area contributed by atoms with Gasteiger partial charge in [-0.15, -0.1) is 0 Å². The van der Waals surface area contributed by atoms with E-state index in [0.717, 1.165) is 0 Å². The Morgan fingerprint density at radius 3 is 2.85 bits per heavy atom. The summed E-state index contributed by atoms with van der Waals surface area (Å²) in [5.41, 5.74) is 0. The molecule has 0 bridgehead atoms. The van der Waals surface area contributed by atoms with Crippen molar-refractivity contribution in [3.05, 3.63) is 0 Å². The lowest BCUT2D eigenvalue weighted by molar-refractivity contribution is -0.132.